The van der Waals surface area contributed by atoms with Gasteiger partial charge >= 0.3 is 12.1 Å². The van der Waals surface area contributed by atoms with Crippen LogP contribution in [0.1, 0.15) is 60.7 Å². The molecule has 3 aromatic rings. The highest BCUT2D eigenvalue weighted by atomic mass is 35.5. The lowest BCUT2D eigenvalue weighted by atomic mass is 10.1. The van der Waals surface area contributed by atoms with Gasteiger partial charge < -0.3 is 9.84 Å². The number of benzene rings is 1. The molecule has 2 heterocycles. The monoisotopic (exact) mass is 476 g/mol. The highest BCUT2D eigenvalue weighted by molar-refractivity contribution is 7.12. The first-order valence-electron chi connectivity index (χ1n) is 10.5. The molecule has 32 heavy (non-hydrogen) atoms. The third kappa shape index (κ3) is 5.49. The van der Waals surface area contributed by atoms with Crippen molar-refractivity contribution in [3.05, 3.63) is 51.2 Å². The molecule has 3 rings (SSSR count). The normalized spacial score (nSPS) is 10.9. The quantitative estimate of drug-likeness (QED) is 0.277. The molecule has 0 unspecified atom stereocenters. The van der Waals surface area contributed by atoms with Gasteiger partial charge in [-0.15, -0.1) is 11.3 Å². The average molecular weight is 477 g/mol. The highest BCUT2D eigenvalue weighted by Crippen LogP contribution is 2.35. The van der Waals surface area contributed by atoms with Crippen molar-refractivity contribution in [3.8, 4) is 5.88 Å². The Morgan fingerprint density at radius 3 is 2.59 bits per heavy atom. The Balaban J connectivity index is 1.74. The molecule has 2 aromatic heterocycles. The minimum Gasteiger partial charge on any atom is -0.494 e. The Bertz CT molecular complexity index is 1110. The summed E-state index contributed by atoms with van der Waals surface area (Å²) < 4.78 is 5.95. The number of carbonyl (C=O) groups is 3. The second-order valence-electron chi connectivity index (χ2n) is 7.34. The molecule has 7 nitrogen and oxygen atoms in total. The summed E-state index contributed by atoms with van der Waals surface area (Å²) in [4.78, 5) is 38.2. The summed E-state index contributed by atoms with van der Waals surface area (Å²) >= 11 is 7.30. The molecule has 0 aliphatic rings. The summed E-state index contributed by atoms with van der Waals surface area (Å²) in [5, 5.41) is 15.3. The molecule has 170 valence electrons. The summed E-state index contributed by atoms with van der Waals surface area (Å²) in [6.45, 7) is 2.34. The number of amides is 2. The molecule has 0 spiro atoms. The van der Waals surface area contributed by atoms with Gasteiger partial charge in [0.25, 0.3) is 0 Å². The van der Waals surface area contributed by atoms with E-state index in [2.05, 4.69) is 12.2 Å². The van der Waals surface area contributed by atoms with Crippen molar-refractivity contribution in [2.75, 3.05) is 6.61 Å². The van der Waals surface area contributed by atoms with Crippen molar-refractivity contribution >= 4 is 51.7 Å². The van der Waals surface area contributed by atoms with Crippen molar-refractivity contribution in [2.45, 2.75) is 45.4 Å². The second-order valence-corrected chi connectivity index (χ2v) is 8.72. The molecule has 0 bridgehead atoms. The number of aromatic nitrogens is 1. The number of nitrogens with one attached hydrogen (secondary N) is 1. The van der Waals surface area contributed by atoms with Crippen molar-refractivity contribution in [1.82, 2.24) is 9.88 Å². The van der Waals surface area contributed by atoms with Crippen LogP contribution in [-0.4, -0.2) is 34.2 Å². The van der Waals surface area contributed by atoms with Crippen molar-refractivity contribution < 1.29 is 24.2 Å². The van der Waals surface area contributed by atoms with E-state index in [-0.39, 0.29) is 17.7 Å². The molecule has 0 aliphatic carbocycles. The van der Waals surface area contributed by atoms with Crippen LogP contribution in [-0.2, 0) is 4.74 Å². The van der Waals surface area contributed by atoms with Crippen LogP contribution in [0.5, 0.6) is 5.88 Å². The maximum atomic E-state index is 13.0. The van der Waals surface area contributed by atoms with Crippen LogP contribution in [0.3, 0.4) is 0 Å². The van der Waals surface area contributed by atoms with Gasteiger partial charge in [-0.2, -0.15) is 0 Å². The van der Waals surface area contributed by atoms with Crippen LogP contribution in [0.25, 0.3) is 10.9 Å². The number of alkyl carbamates (subject to hydrolysis) is 1. The first-order chi connectivity index (χ1) is 15.4. The van der Waals surface area contributed by atoms with E-state index in [0.29, 0.717) is 21.7 Å². The molecular weight excluding hydrogens is 452 g/mol. The molecule has 1 aromatic carbocycles. The summed E-state index contributed by atoms with van der Waals surface area (Å²) in [5.41, 5.74) is 0.188. The van der Waals surface area contributed by atoms with Crippen LogP contribution >= 0.6 is 22.9 Å². The first-order valence-corrected chi connectivity index (χ1v) is 11.8. The molecule has 2 amide bonds. The Morgan fingerprint density at radius 1 is 1.12 bits per heavy atom. The molecule has 9 heteroatoms. The van der Waals surface area contributed by atoms with Gasteiger partial charge in [0, 0.05) is 10.4 Å². The number of halogens is 1. The zero-order chi connectivity index (χ0) is 23.1. The molecule has 0 radical (unpaired) electrons. The predicted octanol–water partition coefficient (Wildman–Crippen LogP) is 6.35. The summed E-state index contributed by atoms with van der Waals surface area (Å²) in [5.74, 6) is -1.01. The Morgan fingerprint density at radius 2 is 1.88 bits per heavy atom. The third-order valence-corrected chi connectivity index (χ3v) is 6.12. The summed E-state index contributed by atoms with van der Waals surface area (Å²) in [6, 6.07) is 6.95. The van der Waals surface area contributed by atoms with Crippen LogP contribution in [0.15, 0.2) is 35.7 Å². The molecule has 0 saturated heterocycles. The van der Waals surface area contributed by atoms with E-state index < -0.39 is 23.8 Å². The van der Waals surface area contributed by atoms with Gasteiger partial charge in [0.1, 0.15) is 0 Å². The molecule has 0 aliphatic heterocycles. The topological polar surface area (TPSA) is 97.6 Å². The highest BCUT2D eigenvalue weighted by Gasteiger charge is 2.28. The zero-order valence-electron chi connectivity index (χ0n) is 17.7. The summed E-state index contributed by atoms with van der Waals surface area (Å²) in [7, 11) is 0. The summed E-state index contributed by atoms with van der Waals surface area (Å²) in [6.07, 6.45) is 5.31. The Labute approximate surface area is 194 Å². The lowest BCUT2D eigenvalue weighted by Gasteiger charge is -2.08. The van der Waals surface area contributed by atoms with Gasteiger partial charge in [-0.25, -0.2) is 19.5 Å². The largest absolute Gasteiger partial charge is 0.494 e. The van der Waals surface area contributed by atoms with Crippen LogP contribution in [0, 0.1) is 0 Å². The fourth-order valence-corrected chi connectivity index (χ4v) is 4.28. The van der Waals surface area contributed by atoms with Gasteiger partial charge in [0.05, 0.1) is 22.6 Å². The van der Waals surface area contributed by atoms with Crippen LogP contribution < -0.4 is 5.32 Å². The molecule has 0 fully saturated rings. The zero-order valence-corrected chi connectivity index (χ0v) is 19.3. The number of ether oxygens (including phenoxy) is 1. The maximum absolute atomic E-state index is 13.0. The number of hydrogen-bond donors (Lipinski definition) is 2. The lowest BCUT2D eigenvalue weighted by Crippen LogP contribution is -2.34. The van der Waals surface area contributed by atoms with E-state index >= 15 is 0 Å². The van der Waals surface area contributed by atoms with E-state index in [1.165, 1.54) is 36.0 Å². The average Bonchev–Trinajstić information content (AvgIpc) is 3.38. The number of fused-ring (bicyclic) bond motifs is 1. The molecular formula is C23H25ClN2O5S. The van der Waals surface area contributed by atoms with Crippen LogP contribution in [0.2, 0.25) is 5.02 Å². The van der Waals surface area contributed by atoms with Crippen molar-refractivity contribution in [1.29, 1.82) is 0 Å². The number of aromatic hydroxyl groups is 1. The van der Waals surface area contributed by atoms with Crippen molar-refractivity contribution in [3.63, 3.8) is 0 Å². The molecule has 0 saturated carbocycles. The number of ketones is 1. The van der Waals surface area contributed by atoms with E-state index in [1.807, 2.05) is 0 Å². The number of nitrogens with zero attached hydrogens (tertiary/aromatic N) is 1. The fraction of sp³-hybridized carbons (Fsp3) is 0.348. The smallest absolute Gasteiger partial charge is 0.415 e. The maximum Gasteiger partial charge on any atom is 0.415 e. The number of thiophene rings is 1. The van der Waals surface area contributed by atoms with Gasteiger partial charge in [-0.1, -0.05) is 56.7 Å². The van der Waals surface area contributed by atoms with E-state index in [1.54, 1.807) is 17.5 Å². The van der Waals surface area contributed by atoms with Crippen molar-refractivity contribution in [2.24, 2.45) is 0 Å². The fourth-order valence-electron chi connectivity index (χ4n) is 3.44. The predicted molar refractivity (Wildman–Crippen MR) is 125 cm³/mol. The molecule has 2 N–H and O–H groups in total. The van der Waals surface area contributed by atoms with Gasteiger partial charge in [0.2, 0.25) is 11.7 Å². The van der Waals surface area contributed by atoms with Gasteiger partial charge in [-0.05, 0) is 36.1 Å². The number of imide groups is 1. The number of unbranched alkanes of at least 4 members (excludes halogenated alkanes) is 5. The van der Waals surface area contributed by atoms with E-state index in [9.17, 15) is 19.5 Å². The van der Waals surface area contributed by atoms with E-state index in [4.69, 9.17) is 16.3 Å². The van der Waals surface area contributed by atoms with Crippen LogP contribution in [0.4, 0.5) is 9.59 Å². The Hall–Kier alpha value is -2.84. The number of carbonyl (C=O) groups excluding carboxylic acids is 3. The van der Waals surface area contributed by atoms with Gasteiger partial charge in [0.15, 0.2) is 0 Å². The SMILES string of the molecule is CCCCCCCCOC(=O)NC(=O)n1c(O)c(C(=O)c2cccs2)c2cc(Cl)ccc21. The van der Waals surface area contributed by atoms with E-state index in [0.717, 1.165) is 30.3 Å². The number of hydrogen-bond acceptors (Lipinski definition) is 6. The minimum absolute atomic E-state index is 0.0550. The number of rotatable bonds is 9. The third-order valence-electron chi connectivity index (χ3n) is 5.02. The second kappa shape index (κ2) is 11.2. The first kappa shape index (κ1) is 23.8. The minimum atomic E-state index is -0.923. The lowest BCUT2D eigenvalue weighted by molar-refractivity contribution is 0.104. The standard InChI is InChI=1S/C23H25ClN2O5S/c1-2-3-4-5-6-7-12-31-23(30)25-22(29)26-17-11-10-15(24)14-16(17)19(21(26)28)20(27)18-9-8-13-32-18/h8-11,13-14,28H,2-7,12H2,1H3,(H,25,29,30). The molecule has 0 atom stereocenters. The van der Waals surface area contributed by atoms with Gasteiger partial charge in [-0.3, -0.25) is 4.79 Å². The Kier molecular flexibility index (Phi) is 8.30.